The molecule has 0 N–H and O–H groups in total. The number of rotatable bonds is 5. The van der Waals surface area contributed by atoms with Crippen LogP contribution in [0.5, 0.6) is 0 Å². The lowest BCUT2D eigenvalue weighted by Gasteiger charge is -2.34. The van der Waals surface area contributed by atoms with E-state index in [4.69, 9.17) is 0 Å². The van der Waals surface area contributed by atoms with E-state index in [-0.39, 0.29) is 0 Å². The third-order valence-corrected chi connectivity index (χ3v) is 15.2. The first-order valence-electron chi connectivity index (χ1n) is 22.1. The third kappa shape index (κ3) is 4.79. The van der Waals surface area contributed by atoms with Crippen LogP contribution in [0.4, 0.5) is 0 Å². The standard InChI is InChI=1S/C61H38N2S/c1-3-16-40(17-4-1)61(41-18-5-2-6-19-41)53-26-11-7-20-45(53)46-35-34-43(38-54(46)61)63-56-28-13-9-22-48(56)51-37-36-50-47-21-8-12-27-55(47)62(58(50)59(51)63)42-32-30-39(31-33-42)44-24-15-25-52-49-23-10-14-29-57(49)64-60(44)52/h1-38H. The van der Waals surface area contributed by atoms with Crippen LogP contribution in [0.3, 0.4) is 0 Å². The van der Waals surface area contributed by atoms with Crippen molar-refractivity contribution in [2.45, 2.75) is 5.41 Å². The van der Waals surface area contributed by atoms with E-state index in [1.54, 1.807) is 0 Å². The van der Waals surface area contributed by atoms with E-state index in [0.29, 0.717) is 0 Å². The zero-order valence-electron chi connectivity index (χ0n) is 34.7. The monoisotopic (exact) mass is 830 g/mol. The van der Waals surface area contributed by atoms with Crippen LogP contribution in [0.2, 0.25) is 0 Å². The van der Waals surface area contributed by atoms with Gasteiger partial charge in [0.1, 0.15) is 0 Å². The minimum absolute atomic E-state index is 0.505. The largest absolute Gasteiger partial charge is 0.307 e. The summed E-state index contributed by atoms with van der Waals surface area (Å²) in [5, 5.41) is 7.60. The number of fused-ring (bicyclic) bond motifs is 13. The highest BCUT2D eigenvalue weighted by atomic mass is 32.1. The van der Waals surface area contributed by atoms with Crippen LogP contribution in [0.1, 0.15) is 22.3 Å². The van der Waals surface area contributed by atoms with E-state index >= 15 is 0 Å². The van der Waals surface area contributed by atoms with Crippen LogP contribution >= 0.6 is 11.3 Å². The third-order valence-electron chi connectivity index (χ3n) is 14.0. The fourth-order valence-corrected chi connectivity index (χ4v) is 12.6. The molecule has 0 atom stereocenters. The van der Waals surface area contributed by atoms with Gasteiger partial charge in [0.15, 0.2) is 0 Å². The van der Waals surface area contributed by atoms with Gasteiger partial charge in [0.2, 0.25) is 0 Å². The van der Waals surface area contributed by atoms with E-state index in [1.165, 1.54) is 108 Å². The van der Waals surface area contributed by atoms with Crippen molar-refractivity contribution in [1.82, 2.24) is 9.13 Å². The van der Waals surface area contributed by atoms with Crippen LogP contribution in [0.25, 0.3) is 97.4 Å². The highest BCUT2D eigenvalue weighted by molar-refractivity contribution is 7.26. The van der Waals surface area contributed by atoms with E-state index in [1.807, 2.05) is 11.3 Å². The van der Waals surface area contributed by atoms with Crippen LogP contribution < -0.4 is 0 Å². The molecule has 0 saturated carbocycles. The summed E-state index contributed by atoms with van der Waals surface area (Å²) in [4.78, 5) is 0. The van der Waals surface area contributed by atoms with Gasteiger partial charge in [-0.25, -0.2) is 0 Å². The highest BCUT2D eigenvalue weighted by Crippen LogP contribution is 2.57. The molecule has 1 aliphatic rings. The molecular formula is C61H38N2S. The Morgan fingerprint density at radius 3 is 1.53 bits per heavy atom. The maximum absolute atomic E-state index is 2.54. The van der Waals surface area contributed by atoms with Crippen molar-refractivity contribution in [1.29, 1.82) is 0 Å². The summed E-state index contributed by atoms with van der Waals surface area (Å²) >= 11 is 1.88. The Kier molecular flexibility index (Phi) is 7.51. The second kappa shape index (κ2) is 13.5. The Bertz CT molecular complexity index is 3960. The molecule has 14 rings (SSSR count). The zero-order valence-corrected chi connectivity index (χ0v) is 35.6. The lowest BCUT2D eigenvalue weighted by molar-refractivity contribution is 0.767. The number of benzene rings is 10. The van der Waals surface area contributed by atoms with Crippen molar-refractivity contribution in [3.05, 3.63) is 253 Å². The molecule has 3 aromatic heterocycles. The lowest BCUT2D eigenvalue weighted by Crippen LogP contribution is -2.28. The molecule has 0 saturated heterocycles. The summed E-state index contributed by atoms with van der Waals surface area (Å²) in [6.07, 6.45) is 0. The molecule has 0 spiro atoms. The van der Waals surface area contributed by atoms with Crippen molar-refractivity contribution in [2.75, 3.05) is 0 Å². The summed E-state index contributed by atoms with van der Waals surface area (Å²) < 4.78 is 7.71. The number of hydrogen-bond acceptors (Lipinski definition) is 1. The van der Waals surface area contributed by atoms with Crippen molar-refractivity contribution in [3.8, 4) is 33.6 Å². The summed E-state index contributed by atoms with van der Waals surface area (Å²) in [6, 6.07) is 85.8. The van der Waals surface area contributed by atoms with Gasteiger partial charge in [-0.2, -0.15) is 0 Å². The molecule has 2 nitrogen and oxygen atoms in total. The molecule has 298 valence electrons. The van der Waals surface area contributed by atoms with Gasteiger partial charge in [0, 0.05) is 53.1 Å². The Hall–Kier alpha value is -7.98. The van der Waals surface area contributed by atoms with Crippen molar-refractivity contribution in [2.24, 2.45) is 0 Å². The molecule has 10 aromatic carbocycles. The molecule has 0 aliphatic heterocycles. The van der Waals surface area contributed by atoms with E-state index < -0.39 is 5.41 Å². The van der Waals surface area contributed by atoms with Crippen LogP contribution in [0, 0.1) is 0 Å². The van der Waals surface area contributed by atoms with Gasteiger partial charge in [-0.1, -0.05) is 188 Å². The van der Waals surface area contributed by atoms with Crippen molar-refractivity contribution >= 4 is 75.1 Å². The highest BCUT2D eigenvalue weighted by Gasteiger charge is 2.46. The maximum Gasteiger partial charge on any atom is 0.0788 e. The second-order valence-corrected chi connectivity index (χ2v) is 18.2. The average Bonchev–Trinajstić information content (AvgIpc) is 4.10. The normalized spacial score (nSPS) is 13.1. The Morgan fingerprint density at radius 2 is 0.844 bits per heavy atom. The topological polar surface area (TPSA) is 9.86 Å². The first kappa shape index (κ1) is 35.6. The summed E-state index contributed by atoms with van der Waals surface area (Å²) in [5.74, 6) is 0. The van der Waals surface area contributed by atoms with Gasteiger partial charge >= 0.3 is 0 Å². The molecule has 0 bridgehead atoms. The molecule has 0 unspecified atom stereocenters. The molecule has 13 aromatic rings. The fourth-order valence-electron chi connectivity index (χ4n) is 11.4. The second-order valence-electron chi connectivity index (χ2n) is 17.1. The predicted molar refractivity (Wildman–Crippen MR) is 271 cm³/mol. The van der Waals surface area contributed by atoms with Crippen LogP contribution in [-0.4, -0.2) is 9.13 Å². The van der Waals surface area contributed by atoms with Crippen LogP contribution in [-0.2, 0) is 5.41 Å². The molecule has 1 aliphatic carbocycles. The first-order valence-corrected chi connectivity index (χ1v) is 22.9. The van der Waals surface area contributed by atoms with Gasteiger partial charge in [0.25, 0.3) is 0 Å². The zero-order chi connectivity index (χ0) is 41.9. The Balaban J connectivity index is 1.04. The average molecular weight is 831 g/mol. The van der Waals surface area contributed by atoms with Crippen LogP contribution in [0.15, 0.2) is 231 Å². The minimum Gasteiger partial charge on any atom is -0.307 e. The number of para-hydroxylation sites is 2. The van der Waals surface area contributed by atoms with Gasteiger partial charge in [-0.05, 0) is 87.0 Å². The van der Waals surface area contributed by atoms with E-state index in [9.17, 15) is 0 Å². The molecule has 0 amide bonds. The number of hydrogen-bond donors (Lipinski definition) is 0. The quantitative estimate of drug-likeness (QED) is 0.164. The minimum atomic E-state index is -0.505. The summed E-state index contributed by atoms with van der Waals surface area (Å²) in [6.45, 7) is 0. The van der Waals surface area contributed by atoms with Gasteiger partial charge in [-0.3, -0.25) is 0 Å². The molecule has 64 heavy (non-hydrogen) atoms. The number of aromatic nitrogens is 2. The van der Waals surface area contributed by atoms with Crippen molar-refractivity contribution in [3.63, 3.8) is 0 Å². The first-order chi connectivity index (χ1) is 31.8. The van der Waals surface area contributed by atoms with Gasteiger partial charge < -0.3 is 9.13 Å². The number of thiophene rings is 1. The fraction of sp³-hybridized carbons (Fsp3) is 0.0164. The lowest BCUT2D eigenvalue weighted by atomic mass is 9.67. The molecule has 3 heteroatoms. The molecule has 0 radical (unpaired) electrons. The SMILES string of the molecule is c1ccc(C2(c3ccccc3)c3ccccc3-c3ccc(-n4c5ccccc5c5ccc6c7ccccc7n(-c7ccc(-c8cccc9c8sc8ccccc89)cc7)c6c54)cc32)cc1. The predicted octanol–water partition coefficient (Wildman–Crippen LogP) is 16.3. The maximum atomic E-state index is 2.54. The molecular weight excluding hydrogens is 793 g/mol. The summed E-state index contributed by atoms with van der Waals surface area (Å²) in [5.41, 5.74) is 16.8. The molecule has 0 fully saturated rings. The smallest absolute Gasteiger partial charge is 0.0788 e. The number of nitrogens with zero attached hydrogens (tertiary/aromatic N) is 2. The van der Waals surface area contributed by atoms with Gasteiger partial charge in [0.05, 0.1) is 27.5 Å². The Morgan fingerprint density at radius 1 is 0.328 bits per heavy atom. The molecule has 3 heterocycles. The van der Waals surface area contributed by atoms with E-state index in [2.05, 4.69) is 240 Å². The van der Waals surface area contributed by atoms with E-state index in [0.717, 1.165) is 11.4 Å². The van der Waals surface area contributed by atoms with Crippen molar-refractivity contribution < 1.29 is 0 Å². The Labute approximate surface area is 374 Å². The van der Waals surface area contributed by atoms with Gasteiger partial charge in [-0.15, -0.1) is 11.3 Å². The summed E-state index contributed by atoms with van der Waals surface area (Å²) in [7, 11) is 0.